The van der Waals surface area contributed by atoms with Crippen LogP contribution in [0, 0.1) is 0 Å². The zero-order chi connectivity index (χ0) is 12.4. The molecule has 0 aromatic carbocycles. The molecule has 2 aromatic rings. The third kappa shape index (κ3) is 2.02. The molecule has 0 atom stereocenters. The van der Waals surface area contributed by atoms with Crippen LogP contribution in [0.5, 0.6) is 0 Å². The minimum atomic E-state index is -0.0564. The lowest BCUT2D eigenvalue weighted by Crippen LogP contribution is -2.25. The molecule has 0 bridgehead atoms. The second-order valence-corrected chi connectivity index (χ2v) is 4.00. The number of hydrogen-bond acceptors (Lipinski definition) is 5. The summed E-state index contributed by atoms with van der Waals surface area (Å²) in [6.45, 7) is 1.71. The molecule has 6 heteroatoms. The van der Waals surface area contributed by atoms with Gasteiger partial charge in [-0.15, -0.1) is 0 Å². The number of ether oxygens (including phenoxy) is 1. The van der Waals surface area contributed by atoms with Gasteiger partial charge in [0.05, 0.1) is 31.1 Å². The molecule has 0 unspecified atom stereocenters. The minimum absolute atomic E-state index is 0.0564. The van der Waals surface area contributed by atoms with Crippen LogP contribution in [0.15, 0.2) is 29.5 Å². The summed E-state index contributed by atoms with van der Waals surface area (Å²) in [5.41, 5.74) is 1.20. The van der Waals surface area contributed by atoms with Crippen LogP contribution in [0.25, 0.3) is 11.4 Å². The Morgan fingerprint density at radius 1 is 1.28 bits per heavy atom. The SMILES string of the molecule is O=c1cc(-c2ccncn2)nc2n1CCOCC2. The minimum Gasteiger partial charge on any atom is -0.379 e. The summed E-state index contributed by atoms with van der Waals surface area (Å²) >= 11 is 0. The summed E-state index contributed by atoms with van der Waals surface area (Å²) in [7, 11) is 0. The van der Waals surface area contributed by atoms with E-state index in [1.54, 1.807) is 16.8 Å². The maximum absolute atomic E-state index is 12.0. The lowest BCUT2D eigenvalue weighted by molar-refractivity contribution is 0.140. The van der Waals surface area contributed by atoms with E-state index < -0.39 is 0 Å². The van der Waals surface area contributed by atoms with Crippen molar-refractivity contribution in [2.75, 3.05) is 13.2 Å². The molecule has 0 fully saturated rings. The molecule has 1 aliphatic rings. The maximum Gasteiger partial charge on any atom is 0.254 e. The topological polar surface area (TPSA) is 69.9 Å². The number of nitrogens with zero attached hydrogens (tertiary/aromatic N) is 4. The molecule has 3 heterocycles. The predicted octanol–water partition coefficient (Wildman–Crippen LogP) is 0.273. The Balaban J connectivity index is 2.11. The van der Waals surface area contributed by atoms with Crippen molar-refractivity contribution >= 4 is 0 Å². The van der Waals surface area contributed by atoms with Crippen molar-refractivity contribution in [3.05, 3.63) is 40.8 Å². The quantitative estimate of drug-likeness (QED) is 0.720. The Morgan fingerprint density at radius 3 is 3.06 bits per heavy atom. The van der Waals surface area contributed by atoms with Gasteiger partial charge in [0.2, 0.25) is 0 Å². The molecule has 0 saturated carbocycles. The van der Waals surface area contributed by atoms with Gasteiger partial charge in [-0.2, -0.15) is 0 Å². The van der Waals surface area contributed by atoms with Crippen LogP contribution in [0.4, 0.5) is 0 Å². The van der Waals surface area contributed by atoms with Crippen LogP contribution in [-0.2, 0) is 17.7 Å². The molecule has 0 amide bonds. The van der Waals surface area contributed by atoms with E-state index in [4.69, 9.17) is 4.74 Å². The first-order chi connectivity index (χ1) is 8.84. The molecule has 1 aliphatic heterocycles. The van der Waals surface area contributed by atoms with Gasteiger partial charge in [0, 0.05) is 18.7 Å². The highest BCUT2D eigenvalue weighted by molar-refractivity contribution is 5.52. The van der Waals surface area contributed by atoms with Crippen molar-refractivity contribution in [2.45, 2.75) is 13.0 Å². The number of rotatable bonds is 1. The highest BCUT2D eigenvalue weighted by atomic mass is 16.5. The van der Waals surface area contributed by atoms with Gasteiger partial charge in [0.1, 0.15) is 12.2 Å². The first-order valence-electron chi connectivity index (χ1n) is 5.79. The van der Waals surface area contributed by atoms with E-state index in [1.165, 1.54) is 12.4 Å². The molecule has 0 aliphatic carbocycles. The Hall–Kier alpha value is -2.08. The number of aromatic nitrogens is 4. The molecule has 0 radical (unpaired) electrons. The predicted molar refractivity (Wildman–Crippen MR) is 64.0 cm³/mol. The third-order valence-corrected chi connectivity index (χ3v) is 2.86. The summed E-state index contributed by atoms with van der Waals surface area (Å²) < 4.78 is 7.02. The van der Waals surface area contributed by atoms with Crippen LogP contribution in [0.3, 0.4) is 0 Å². The molecule has 3 rings (SSSR count). The van der Waals surface area contributed by atoms with Crippen molar-refractivity contribution < 1.29 is 4.74 Å². The Labute approximate surface area is 103 Å². The molecule has 0 N–H and O–H groups in total. The van der Waals surface area contributed by atoms with E-state index in [0.29, 0.717) is 37.6 Å². The van der Waals surface area contributed by atoms with Gasteiger partial charge in [-0.1, -0.05) is 0 Å². The van der Waals surface area contributed by atoms with Crippen LogP contribution in [0.1, 0.15) is 5.82 Å². The van der Waals surface area contributed by atoms with E-state index >= 15 is 0 Å². The summed E-state index contributed by atoms with van der Waals surface area (Å²) in [4.78, 5) is 24.5. The largest absolute Gasteiger partial charge is 0.379 e. The van der Waals surface area contributed by atoms with Crippen LogP contribution >= 0.6 is 0 Å². The smallest absolute Gasteiger partial charge is 0.254 e. The molecular formula is C12H12N4O2. The lowest BCUT2D eigenvalue weighted by atomic mass is 10.2. The van der Waals surface area contributed by atoms with E-state index in [1.807, 2.05) is 0 Å². The molecule has 2 aromatic heterocycles. The summed E-state index contributed by atoms with van der Waals surface area (Å²) in [6.07, 6.45) is 3.73. The van der Waals surface area contributed by atoms with Gasteiger partial charge in [-0.25, -0.2) is 15.0 Å². The zero-order valence-electron chi connectivity index (χ0n) is 9.74. The standard InChI is InChI=1S/C12H12N4O2/c17-12-7-10(9-1-3-13-8-14-9)15-11-2-5-18-6-4-16(11)12/h1,3,7-8H,2,4-6H2. The monoisotopic (exact) mass is 244 g/mol. The maximum atomic E-state index is 12.0. The van der Waals surface area contributed by atoms with Crippen molar-refractivity contribution in [1.82, 2.24) is 19.5 Å². The number of hydrogen-bond donors (Lipinski definition) is 0. The van der Waals surface area contributed by atoms with E-state index in [2.05, 4.69) is 15.0 Å². The summed E-state index contributed by atoms with van der Waals surface area (Å²) in [6, 6.07) is 3.25. The molecule has 6 nitrogen and oxygen atoms in total. The van der Waals surface area contributed by atoms with Gasteiger partial charge in [-0.3, -0.25) is 9.36 Å². The average Bonchev–Trinajstić information content (AvgIpc) is 2.65. The Bertz CT molecular complexity index is 609. The van der Waals surface area contributed by atoms with Crippen molar-refractivity contribution in [3.8, 4) is 11.4 Å². The Morgan fingerprint density at radius 2 is 2.22 bits per heavy atom. The molecule has 92 valence electrons. The zero-order valence-corrected chi connectivity index (χ0v) is 9.74. The molecule has 18 heavy (non-hydrogen) atoms. The third-order valence-electron chi connectivity index (χ3n) is 2.86. The number of fused-ring (bicyclic) bond motifs is 1. The van der Waals surface area contributed by atoms with Gasteiger partial charge >= 0.3 is 0 Å². The molecule has 0 spiro atoms. The fraction of sp³-hybridized carbons (Fsp3) is 0.333. The van der Waals surface area contributed by atoms with E-state index in [-0.39, 0.29) is 5.56 Å². The molecular weight excluding hydrogens is 232 g/mol. The van der Waals surface area contributed by atoms with E-state index in [9.17, 15) is 4.79 Å². The highest BCUT2D eigenvalue weighted by Gasteiger charge is 2.13. The van der Waals surface area contributed by atoms with E-state index in [0.717, 1.165) is 5.82 Å². The van der Waals surface area contributed by atoms with Crippen LogP contribution in [0.2, 0.25) is 0 Å². The molecule has 0 saturated heterocycles. The van der Waals surface area contributed by atoms with Gasteiger partial charge in [0.15, 0.2) is 0 Å². The summed E-state index contributed by atoms with van der Waals surface area (Å²) in [5.74, 6) is 0.758. The summed E-state index contributed by atoms with van der Waals surface area (Å²) in [5, 5.41) is 0. The Kier molecular flexibility index (Phi) is 2.85. The van der Waals surface area contributed by atoms with Crippen LogP contribution < -0.4 is 5.56 Å². The van der Waals surface area contributed by atoms with Crippen LogP contribution in [-0.4, -0.2) is 32.7 Å². The van der Waals surface area contributed by atoms with Crippen molar-refractivity contribution in [2.24, 2.45) is 0 Å². The highest BCUT2D eigenvalue weighted by Crippen LogP contribution is 2.12. The van der Waals surface area contributed by atoms with Crippen molar-refractivity contribution in [1.29, 1.82) is 0 Å². The van der Waals surface area contributed by atoms with Crippen molar-refractivity contribution in [3.63, 3.8) is 0 Å². The second kappa shape index (κ2) is 4.66. The first kappa shape index (κ1) is 11.0. The first-order valence-corrected chi connectivity index (χ1v) is 5.79. The fourth-order valence-corrected chi connectivity index (χ4v) is 1.98. The normalized spacial score (nSPS) is 14.9. The van der Waals surface area contributed by atoms with Gasteiger partial charge < -0.3 is 4.74 Å². The average molecular weight is 244 g/mol. The lowest BCUT2D eigenvalue weighted by Gasteiger charge is -2.08. The second-order valence-electron chi connectivity index (χ2n) is 4.00. The van der Waals surface area contributed by atoms with Gasteiger partial charge in [0.25, 0.3) is 5.56 Å². The fourth-order valence-electron chi connectivity index (χ4n) is 1.98. The van der Waals surface area contributed by atoms with Gasteiger partial charge in [-0.05, 0) is 6.07 Å².